The van der Waals surface area contributed by atoms with Crippen LogP contribution in [0, 0.1) is 0 Å². The number of carbonyl (C=O) groups excluding carboxylic acids is 1. The SMILES string of the molecule is COc1cccc(C(=O)CSCC2CCCO2)c1. The van der Waals surface area contributed by atoms with Crippen molar-refractivity contribution in [2.24, 2.45) is 0 Å². The number of carbonyl (C=O) groups is 1. The molecule has 1 fully saturated rings. The molecule has 0 aromatic heterocycles. The standard InChI is InChI=1S/C14H18O3S/c1-16-12-5-2-4-11(8-12)14(15)10-18-9-13-6-3-7-17-13/h2,4-5,8,13H,3,6-7,9-10H2,1H3. The third-order valence-corrected chi connectivity index (χ3v) is 4.03. The van der Waals surface area contributed by atoms with Gasteiger partial charge in [0.25, 0.3) is 0 Å². The fourth-order valence-corrected chi connectivity index (χ4v) is 2.93. The van der Waals surface area contributed by atoms with E-state index in [1.807, 2.05) is 18.2 Å². The second-order valence-corrected chi connectivity index (χ2v) is 5.34. The molecule has 0 amide bonds. The van der Waals surface area contributed by atoms with Gasteiger partial charge in [0, 0.05) is 17.9 Å². The van der Waals surface area contributed by atoms with Gasteiger partial charge in [-0.2, -0.15) is 11.8 Å². The molecule has 1 atom stereocenters. The summed E-state index contributed by atoms with van der Waals surface area (Å²) in [5.74, 6) is 2.30. The molecule has 0 aliphatic carbocycles. The third kappa shape index (κ3) is 3.75. The van der Waals surface area contributed by atoms with Crippen molar-refractivity contribution < 1.29 is 14.3 Å². The van der Waals surface area contributed by atoms with Crippen LogP contribution in [0.15, 0.2) is 24.3 Å². The zero-order chi connectivity index (χ0) is 12.8. The van der Waals surface area contributed by atoms with Gasteiger partial charge >= 0.3 is 0 Å². The number of Topliss-reactive ketones (excluding diaryl/α,β-unsaturated/α-hetero) is 1. The Morgan fingerprint density at radius 1 is 1.56 bits per heavy atom. The van der Waals surface area contributed by atoms with Crippen molar-refractivity contribution in [2.45, 2.75) is 18.9 Å². The van der Waals surface area contributed by atoms with E-state index in [9.17, 15) is 4.79 Å². The Bertz CT molecular complexity index is 400. The predicted molar refractivity (Wildman–Crippen MR) is 73.6 cm³/mol. The molecule has 1 heterocycles. The molecule has 1 aliphatic rings. The van der Waals surface area contributed by atoms with Gasteiger partial charge in [0.05, 0.1) is 19.0 Å². The van der Waals surface area contributed by atoms with E-state index in [2.05, 4.69) is 0 Å². The number of hydrogen-bond acceptors (Lipinski definition) is 4. The van der Waals surface area contributed by atoms with Crippen LogP contribution in [0.1, 0.15) is 23.2 Å². The molecular formula is C14H18O3S. The summed E-state index contributed by atoms with van der Waals surface area (Å²) >= 11 is 1.65. The van der Waals surface area contributed by atoms with E-state index >= 15 is 0 Å². The minimum atomic E-state index is 0.150. The highest BCUT2D eigenvalue weighted by atomic mass is 32.2. The Kier molecular flexibility index (Phi) is 5.08. The van der Waals surface area contributed by atoms with E-state index in [0.717, 1.165) is 31.0 Å². The molecule has 0 radical (unpaired) electrons. The van der Waals surface area contributed by atoms with Crippen molar-refractivity contribution in [3.63, 3.8) is 0 Å². The fourth-order valence-electron chi connectivity index (χ4n) is 1.94. The van der Waals surface area contributed by atoms with E-state index in [1.165, 1.54) is 0 Å². The molecular weight excluding hydrogens is 248 g/mol. The molecule has 4 heteroatoms. The highest BCUT2D eigenvalue weighted by molar-refractivity contribution is 8.00. The van der Waals surface area contributed by atoms with Crippen LogP contribution in [-0.2, 0) is 4.74 Å². The van der Waals surface area contributed by atoms with Crippen LogP contribution >= 0.6 is 11.8 Å². The van der Waals surface area contributed by atoms with Crippen LogP contribution in [-0.4, -0.2) is 37.1 Å². The number of benzene rings is 1. The van der Waals surface area contributed by atoms with Crippen LogP contribution in [0.2, 0.25) is 0 Å². The van der Waals surface area contributed by atoms with Crippen LogP contribution in [0.4, 0.5) is 0 Å². The van der Waals surface area contributed by atoms with Crippen molar-refractivity contribution >= 4 is 17.5 Å². The molecule has 1 aromatic carbocycles. The van der Waals surface area contributed by atoms with Gasteiger partial charge in [0.1, 0.15) is 5.75 Å². The molecule has 0 bridgehead atoms. The Morgan fingerprint density at radius 2 is 2.44 bits per heavy atom. The van der Waals surface area contributed by atoms with Crippen molar-refractivity contribution in [1.82, 2.24) is 0 Å². The van der Waals surface area contributed by atoms with E-state index < -0.39 is 0 Å². The summed E-state index contributed by atoms with van der Waals surface area (Å²) in [4.78, 5) is 12.0. The largest absolute Gasteiger partial charge is 0.497 e. The van der Waals surface area contributed by atoms with Gasteiger partial charge in [-0.3, -0.25) is 4.79 Å². The van der Waals surface area contributed by atoms with E-state index in [1.54, 1.807) is 24.9 Å². The van der Waals surface area contributed by atoms with Gasteiger partial charge in [-0.05, 0) is 25.0 Å². The molecule has 0 N–H and O–H groups in total. The van der Waals surface area contributed by atoms with Crippen LogP contribution in [0.3, 0.4) is 0 Å². The van der Waals surface area contributed by atoms with Gasteiger partial charge in [-0.15, -0.1) is 0 Å². The van der Waals surface area contributed by atoms with Crippen molar-refractivity contribution in [1.29, 1.82) is 0 Å². The van der Waals surface area contributed by atoms with Gasteiger partial charge in [-0.1, -0.05) is 12.1 Å². The minimum Gasteiger partial charge on any atom is -0.497 e. The molecule has 1 unspecified atom stereocenters. The molecule has 0 saturated carbocycles. The Labute approximate surface area is 112 Å². The van der Waals surface area contributed by atoms with Crippen LogP contribution < -0.4 is 4.74 Å². The Morgan fingerprint density at radius 3 is 3.17 bits per heavy atom. The van der Waals surface area contributed by atoms with Crippen molar-refractivity contribution in [3.8, 4) is 5.75 Å². The lowest BCUT2D eigenvalue weighted by atomic mass is 10.1. The molecule has 3 nitrogen and oxygen atoms in total. The number of thioether (sulfide) groups is 1. The summed E-state index contributed by atoms with van der Waals surface area (Å²) in [5, 5.41) is 0. The van der Waals surface area contributed by atoms with Crippen molar-refractivity contribution in [3.05, 3.63) is 29.8 Å². The average molecular weight is 266 g/mol. The minimum absolute atomic E-state index is 0.150. The van der Waals surface area contributed by atoms with Crippen molar-refractivity contribution in [2.75, 3.05) is 25.2 Å². The van der Waals surface area contributed by atoms with E-state index in [4.69, 9.17) is 9.47 Å². The summed E-state index contributed by atoms with van der Waals surface area (Å²) in [7, 11) is 1.61. The summed E-state index contributed by atoms with van der Waals surface area (Å²) in [6.45, 7) is 0.870. The lowest BCUT2D eigenvalue weighted by Crippen LogP contribution is -2.11. The quantitative estimate of drug-likeness (QED) is 0.742. The number of ketones is 1. The maximum absolute atomic E-state index is 12.0. The van der Waals surface area contributed by atoms with Gasteiger partial charge in [0.2, 0.25) is 0 Å². The molecule has 98 valence electrons. The first-order valence-electron chi connectivity index (χ1n) is 6.16. The van der Waals surface area contributed by atoms with E-state index in [-0.39, 0.29) is 5.78 Å². The Hall–Kier alpha value is -1.00. The lowest BCUT2D eigenvalue weighted by molar-refractivity contribution is 0.102. The highest BCUT2D eigenvalue weighted by Crippen LogP contribution is 2.19. The first-order valence-corrected chi connectivity index (χ1v) is 7.31. The second kappa shape index (κ2) is 6.81. The number of hydrogen-bond donors (Lipinski definition) is 0. The van der Waals surface area contributed by atoms with Gasteiger partial charge in [-0.25, -0.2) is 0 Å². The lowest BCUT2D eigenvalue weighted by Gasteiger charge is -2.08. The number of rotatable bonds is 6. The fraction of sp³-hybridized carbons (Fsp3) is 0.500. The summed E-state index contributed by atoms with van der Waals surface area (Å²) < 4.78 is 10.6. The molecule has 1 aromatic rings. The zero-order valence-corrected chi connectivity index (χ0v) is 11.4. The first-order chi connectivity index (χ1) is 8.79. The van der Waals surface area contributed by atoms with Crippen LogP contribution in [0.5, 0.6) is 5.75 Å². The molecule has 1 aliphatic heterocycles. The third-order valence-electron chi connectivity index (χ3n) is 2.95. The molecule has 18 heavy (non-hydrogen) atoms. The molecule has 1 saturated heterocycles. The molecule has 0 spiro atoms. The van der Waals surface area contributed by atoms with Gasteiger partial charge < -0.3 is 9.47 Å². The zero-order valence-electron chi connectivity index (χ0n) is 10.6. The smallest absolute Gasteiger partial charge is 0.172 e. The molecule has 2 rings (SSSR count). The number of methoxy groups -OCH3 is 1. The second-order valence-electron chi connectivity index (χ2n) is 4.31. The normalized spacial score (nSPS) is 18.8. The van der Waals surface area contributed by atoms with E-state index in [0.29, 0.717) is 17.4 Å². The highest BCUT2D eigenvalue weighted by Gasteiger charge is 2.16. The summed E-state index contributed by atoms with van der Waals surface area (Å²) in [6.07, 6.45) is 2.61. The number of ether oxygens (including phenoxy) is 2. The predicted octanol–water partition coefficient (Wildman–Crippen LogP) is 2.79. The monoisotopic (exact) mass is 266 g/mol. The first kappa shape index (κ1) is 13.4. The summed E-state index contributed by atoms with van der Waals surface area (Å²) in [5.41, 5.74) is 0.717. The average Bonchev–Trinajstić information content (AvgIpc) is 2.92. The Balaban J connectivity index is 1.79. The maximum Gasteiger partial charge on any atom is 0.172 e. The van der Waals surface area contributed by atoms with Crippen LogP contribution in [0.25, 0.3) is 0 Å². The summed E-state index contributed by atoms with van der Waals surface area (Å²) in [6, 6.07) is 7.31. The van der Waals surface area contributed by atoms with Gasteiger partial charge in [0.15, 0.2) is 5.78 Å². The topological polar surface area (TPSA) is 35.5 Å². The maximum atomic E-state index is 12.0.